The Morgan fingerprint density at radius 3 is 2.30 bits per heavy atom. The normalized spacial score (nSPS) is 20.5. The van der Waals surface area contributed by atoms with E-state index in [1.54, 1.807) is 24.3 Å². The summed E-state index contributed by atoms with van der Waals surface area (Å²) >= 11 is 0. The summed E-state index contributed by atoms with van der Waals surface area (Å²) in [5.74, 6) is -0.120. The number of piperidine rings is 1. The molecule has 0 aliphatic carbocycles. The minimum atomic E-state index is -0.778. The number of hydrogen-bond donors (Lipinski definition) is 0. The monoisotopic (exact) mass is 316 g/mol. The molecule has 1 aromatic rings. The zero-order valence-electron chi connectivity index (χ0n) is 13.4. The molecule has 2 aliphatic heterocycles. The Balaban J connectivity index is 1.66. The third kappa shape index (κ3) is 2.46. The van der Waals surface area contributed by atoms with Crippen molar-refractivity contribution in [2.45, 2.75) is 24.8 Å². The highest BCUT2D eigenvalue weighted by Gasteiger charge is 2.55. The van der Waals surface area contributed by atoms with E-state index in [4.69, 9.17) is 0 Å². The van der Waals surface area contributed by atoms with Gasteiger partial charge in [-0.3, -0.25) is 19.5 Å². The van der Waals surface area contributed by atoms with E-state index in [0.29, 0.717) is 32.4 Å². The van der Waals surface area contributed by atoms with Crippen LogP contribution in [-0.2, 0) is 16.0 Å². The highest BCUT2D eigenvalue weighted by atomic mass is 16.2. The fraction of sp³-hybridized carbons (Fsp3) is 0.500. The number of rotatable bonds is 2. The third-order valence-corrected chi connectivity index (χ3v) is 4.97. The number of likely N-dealkylation sites (tertiary alicyclic amines) is 1. The van der Waals surface area contributed by atoms with Crippen molar-refractivity contribution < 1.29 is 14.4 Å². The molecule has 0 unspecified atom stereocenters. The number of nitrogens with zero attached hydrogens (tertiary/aromatic N) is 4. The van der Waals surface area contributed by atoms with Crippen LogP contribution in [0.1, 0.15) is 18.4 Å². The molecule has 0 radical (unpaired) electrons. The predicted molar refractivity (Wildman–Crippen MR) is 82.4 cm³/mol. The Morgan fingerprint density at radius 1 is 1.17 bits per heavy atom. The van der Waals surface area contributed by atoms with Crippen LogP contribution in [0.5, 0.6) is 0 Å². The van der Waals surface area contributed by atoms with Crippen molar-refractivity contribution in [1.29, 1.82) is 0 Å². The lowest BCUT2D eigenvalue weighted by Crippen LogP contribution is -2.56. The van der Waals surface area contributed by atoms with Crippen LogP contribution in [0.4, 0.5) is 4.79 Å². The Bertz CT molecular complexity index is 638. The molecule has 4 amide bonds. The molecule has 122 valence electrons. The highest BCUT2D eigenvalue weighted by molar-refractivity contribution is 6.06. The summed E-state index contributed by atoms with van der Waals surface area (Å²) in [7, 11) is 3.18. The van der Waals surface area contributed by atoms with Crippen LogP contribution in [0.2, 0.25) is 0 Å². The number of imide groups is 1. The molecule has 7 nitrogen and oxygen atoms in total. The van der Waals surface area contributed by atoms with Crippen molar-refractivity contribution in [3.8, 4) is 0 Å². The molecular weight excluding hydrogens is 296 g/mol. The van der Waals surface area contributed by atoms with E-state index in [0.717, 1.165) is 5.56 Å². The molecule has 3 heterocycles. The second-order valence-electron chi connectivity index (χ2n) is 6.15. The Labute approximate surface area is 134 Å². The molecule has 3 rings (SSSR count). The summed E-state index contributed by atoms with van der Waals surface area (Å²) in [5, 5.41) is 0. The SMILES string of the molecule is CN1C(=O)N(C)C2(CCN(C(=O)Cc3ccncc3)CC2)C1=O. The lowest BCUT2D eigenvalue weighted by molar-refractivity contribution is -0.139. The summed E-state index contributed by atoms with van der Waals surface area (Å²) in [4.78, 5) is 45.2. The van der Waals surface area contributed by atoms with Crippen LogP contribution in [0, 0.1) is 0 Å². The van der Waals surface area contributed by atoms with Crippen LogP contribution in [0.25, 0.3) is 0 Å². The Kier molecular flexibility index (Phi) is 3.79. The largest absolute Gasteiger partial charge is 0.342 e. The number of aromatic nitrogens is 1. The standard InChI is InChI=1S/C16H20N4O3/c1-18-14(22)16(19(2)15(18)23)5-9-20(10-6-16)13(21)11-12-3-7-17-8-4-12/h3-4,7-8H,5-6,9-11H2,1-2H3. The topological polar surface area (TPSA) is 73.8 Å². The van der Waals surface area contributed by atoms with Gasteiger partial charge in [-0.05, 0) is 30.5 Å². The number of carbonyl (C=O) groups excluding carboxylic acids is 3. The van der Waals surface area contributed by atoms with Gasteiger partial charge < -0.3 is 9.80 Å². The number of carbonyl (C=O) groups is 3. The molecule has 1 spiro atoms. The van der Waals surface area contributed by atoms with E-state index in [1.165, 1.54) is 16.8 Å². The van der Waals surface area contributed by atoms with Crippen LogP contribution < -0.4 is 0 Å². The van der Waals surface area contributed by atoms with E-state index < -0.39 is 5.54 Å². The van der Waals surface area contributed by atoms with Crippen LogP contribution >= 0.6 is 0 Å². The number of likely N-dealkylation sites (N-methyl/N-ethyl adjacent to an activating group) is 2. The minimum Gasteiger partial charge on any atom is -0.342 e. The number of pyridine rings is 1. The summed E-state index contributed by atoms with van der Waals surface area (Å²) in [5.41, 5.74) is 0.147. The molecule has 0 bridgehead atoms. The molecular formula is C16H20N4O3. The van der Waals surface area contributed by atoms with Gasteiger partial charge in [-0.25, -0.2) is 4.79 Å². The highest BCUT2D eigenvalue weighted by Crippen LogP contribution is 2.35. The van der Waals surface area contributed by atoms with Gasteiger partial charge in [-0.15, -0.1) is 0 Å². The van der Waals surface area contributed by atoms with Gasteiger partial charge in [0, 0.05) is 39.6 Å². The Morgan fingerprint density at radius 2 is 1.78 bits per heavy atom. The second-order valence-corrected chi connectivity index (χ2v) is 6.15. The maximum absolute atomic E-state index is 12.4. The van der Waals surface area contributed by atoms with Crippen molar-refractivity contribution in [1.82, 2.24) is 19.7 Å². The minimum absolute atomic E-state index is 0.0406. The van der Waals surface area contributed by atoms with Crippen LogP contribution in [0.3, 0.4) is 0 Å². The molecule has 2 aliphatic rings. The summed E-state index contributed by atoms with van der Waals surface area (Å²) in [6.07, 6.45) is 4.64. The van der Waals surface area contributed by atoms with Crippen molar-refractivity contribution in [2.75, 3.05) is 27.2 Å². The van der Waals surface area contributed by atoms with Gasteiger partial charge in [-0.1, -0.05) is 0 Å². The third-order valence-electron chi connectivity index (χ3n) is 4.97. The molecule has 0 aromatic carbocycles. The predicted octanol–water partition coefficient (Wildman–Crippen LogP) is 0.509. The van der Waals surface area contributed by atoms with Gasteiger partial charge in [0.25, 0.3) is 5.91 Å². The van der Waals surface area contributed by atoms with E-state index in [-0.39, 0.29) is 17.8 Å². The maximum Gasteiger partial charge on any atom is 0.327 e. The van der Waals surface area contributed by atoms with Gasteiger partial charge in [0.05, 0.1) is 6.42 Å². The second kappa shape index (κ2) is 5.64. The van der Waals surface area contributed by atoms with Crippen molar-refractivity contribution in [3.05, 3.63) is 30.1 Å². The molecule has 2 saturated heterocycles. The van der Waals surface area contributed by atoms with E-state index in [9.17, 15) is 14.4 Å². The first-order valence-electron chi connectivity index (χ1n) is 7.68. The van der Waals surface area contributed by atoms with E-state index >= 15 is 0 Å². The summed E-state index contributed by atoms with van der Waals surface area (Å²) < 4.78 is 0. The average molecular weight is 316 g/mol. The molecule has 0 saturated carbocycles. The molecule has 1 aromatic heterocycles. The number of amides is 4. The first-order valence-corrected chi connectivity index (χ1v) is 7.68. The lowest BCUT2D eigenvalue weighted by atomic mass is 9.86. The molecule has 7 heteroatoms. The fourth-order valence-electron chi connectivity index (χ4n) is 3.41. The zero-order valence-corrected chi connectivity index (χ0v) is 13.4. The van der Waals surface area contributed by atoms with Gasteiger partial charge in [0.15, 0.2) is 0 Å². The molecule has 0 atom stereocenters. The summed E-state index contributed by atoms with van der Waals surface area (Å²) in [6.45, 7) is 0.974. The van der Waals surface area contributed by atoms with Gasteiger partial charge in [-0.2, -0.15) is 0 Å². The number of hydrogen-bond acceptors (Lipinski definition) is 4. The van der Waals surface area contributed by atoms with Crippen molar-refractivity contribution in [2.24, 2.45) is 0 Å². The summed E-state index contributed by atoms with van der Waals surface area (Å²) in [6, 6.07) is 3.38. The lowest BCUT2D eigenvalue weighted by Gasteiger charge is -2.40. The maximum atomic E-state index is 12.4. The van der Waals surface area contributed by atoms with Gasteiger partial charge in [0.2, 0.25) is 5.91 Å². The first kappa shape index (κ1) is 15.5. The number of urea groups is 1. The first-order chi connectivity index (χ1) is 11.0. The Hall–Kier alpha value is -2.44. The van der Waals surface area contributed by atoms with Crippen LogP contribution in [0.15, 0.2) is 24.5 Å². The molecule has 2 fully saturated rings. The van der Waals surface area contributed by atoms with E-state index in [1.807, 2.05) is 12.1 Å². The smallest absolute Gasteiger partial charge is 0.327 e. The van der Waals surface area contributed by atoms with Gasteiger partial charge in [0.1, 0.15) is 5.54 Å². The average Bonchev–Trinajstić information content (AvgIpc) is 2.73. The quantitative estimate of drug-likeness (QED) is 0.745. The van der Waals surface area contributed by atoms with Crippen molar-refractivity contribution >= 4 is 17.8 Å². The zero-order chi connectivity index (χ0) is 16.6. The fourth-order valence-corrected chi connectivity index (χ4v) is 3.41. The van der Waals surface area contributed by atoms with E-state index in [2.05, 4.69) is 4.98 Å². The molecule has 0 N–H and O–H groups in total. The van der Waals surface area contributed by atoms with Gasteiger partial charge >= 0.3 is 6.03 Å². The van der Waals surface area contributed by atoms with Crippen LogP contribution in [-0.4, -0.2) is 70.3 Å². The molecule has 23 heavy (non-hydrogen) atoms. The van der Waals surface area contributed by atoms with Crippen molar-refractivity contribution in [3.63, 3.8) is 0 Å².